The first-order chi connectivity index (χ1) is 8.45. The van der Waals surface area contributed by atoms with Gasteiger partial charge in [-0.1, -0.05) is 18.6 Å². The van der Waals surface area contributed by atoms with Crippen molar-refractivity contribution in [2.75, 3.05) is 11.1 Å². The number of nitrogens with one attached hydrogen (secondary N) is 1. The van der Waals surface area contributed by atoms with Crippen LogP contribution in [0.1, 0.15) is 24.8 Å². The van der Waals surface area contributed by atoms with E-state index in [-0.39, 0.29) is 16.6 Å². The molecule has 0 atom stereocenters. The molecule has 1 saturated carbocycles. The fraction of sp³-hybridized carbons (Fsp3) is 0.462. The van der Waals surface area contributed by atoms with Crippen LogP contribution in [0.5, 0.6) is 0 Å². The van der Waals surface area contributed by atoms with E-state index >= 15 is 0 Å². The van der Waals surface area contributed by atoms with Gasteiger partial charge in [0.05, 0.1) is 21.8 Å². The Morgan fingerprint density at radius 2 is 2.00 bits per heavy atom. The highest BCUT2D eigenvalue weighted by Crippen LogP contribution is 2.47. The van der Waals surface area contributed by atoms with Gasteiger partial charge < -0.3 is 5.32 Å². The Balaban J connectivity index is 2.21. The monoisotopic (exact) mass is 265 g/mol. The molecule has 2 aliphatic rings. The molecule has 0 aromatic heterocycles. The second-order valence-corrected chi connectivity index (χ2v) is 7.25. The van der Waals surface area contributed by atoms with Crippen LogP contribution in [-0.2, 0) is 14.6 Å². The summed E-state index contributed by atoms with van der Waals surface area (Å²) in [6.45, 7) is 1.81. The van der Waals surface area contributed by atoms with Crippen LogP contribution in [0.4, 0.5) is 5.69 Å². The van der Waals surface area contributed by atoms with Gasteiger partial charge in [0, 0.05) is 0 Å². The number of amides is 1. The van der Waals surface area contributed by atoms with E-state index in [1.807, 2.05) is 13.0 Å². The number of carbonyl (C=O) groups is 1. The van der Waals surface area contributed by atoms with E-state index in [0.29, 0.717) is 18.5 Å². The van der Waals surface area contributed by atoms with Gasteiger partial charge in [-0.15, -0.1) is 0 Å². The van der Waals surface area contributed by atoms with E-state index in [9.17, 15) is 13.2 Å². The zero-order valence-corrected chi connectivity index (χ0v) is 11.0. The number of carbonyl (C=O) groups excluding carboxylic acids is 1. The van der Waals surface area contributed by atoms with Crippen molar-refractivity contribution >= 4 is 21.4 Å². The predicted molar refractivity (Wildman–Crippen MR) is 68.1 cm³/mol. The summed E-state index contributed by atoms with van der Waals surface area (Å²) < 4.78 is 24.8. The summed E-state index contributed by atoms with van der Waals surface area (Å²) in [6.07, 6.45) is 2.27. The Morgan fingerprint density at radius 3 is 2.61 bits per heavy atom. The summed E-state index contributed by atoms with van der Waals surface area (Å²) in [5, 5.41) is 2.82. The fourth-order valence-corrected chi connectivity index (χ4v) is 4.90. The molecule has 18 heavy (non-hydrogen) atoms. The minimum Gasteiger partial charge on any atom is -0.324 e. The van der Waals surface area contributed by atoms with Crippen LogP contribution in [0.2, 0.25) is 0 Å². The Bertz CT molecular complexity index is 630. The first kappa shape index (κ1) is 11.7. The lowest BCUT2D eigenvalue weighted by molar-refractivity contribution is -0.128. The van der Waals surface area contributed by atoms with Crippen molar-refractivity contribution in [3.05, 3.63) is 23.8 Å². The van der Waals surface area contributed by atoms with E-state index in [2.05, 4.69) is 5.32 Å². The number of sulfone groups is 1. The number of hydrogen-bond donors (Lipinski definition) is 1. The normalized spacial score (nSPS) is 23.7. The molecule has 4 nitrogen and oxygen atoms in total. The van der Waals surface area contributed by atoms with Gasteiger partial charge in [0.2, 0.25) is 5.91 Å². The minimum absolute atomic E-state index is 0.0533. The molecule has 1 fully saturated rings. The van der Waals surface area contributed by atoms with Gasteiger partial charge in [0.15, 0.2) is 9.84 Å². The molecule has 1 N–H and O–H groups in total. The molecule has 0 radical (unpaired) electrons. The maximum atomic E-state index is 12.4. The van der Waals surface area contributed by atoms with Gasteiger partial charge in [-0.05, 0) is 31.4 Å². The zero-order valence-electron chi connectivity index (χ0n) is 10.2. The number of aryl methyl sites for hydroxylation is 1. The van der Waals surface area contributed by atoms with E-state index in [1.165, 1.54) is 0 Å². The molecular formula is C13H15NO3S. The maximum absolute atomic E-state index is 12.4. The molecule has 1 aromatic rings. The van der Waals surface area contributed by atoms with Crippen LogP contribution < -0.4 is 5.32 Å². The van der Waals surface area contributed by atoms with E-state index in [4.69, 9.17) is 0 Å². The molecule has 1 amide bonds. The van der Waals surface area contributed by atoms with Crippen molar-refractivity contribution in [2.24, 2.45) is 5.41 Å². The lowest BCUT2D eigenvalue weighted by atomic mass is 9.69. The average Bonchev–Trinajstić information content (AvgIpc) is 2.34. The van der Waals surface area contributed by atoms with Gasteiger partial charge in [-0.25, -0.2) is 8.42 Å². The highest BCUT2D eigenvalue weighted by atomic mass is 32.2. The molecule has 0 unspecified atom stereocenters. The maximum Gasteiger partial charge on any atom is 0.231 e. The quantitative estimate of drug-likeness (QED) is 0.779. The third kappa shape index (κ3) is 1.50. The SMILES string of the molecule is Cc1cccc2c1NC(=O)C1(CCC1)CS2(=O)=O. The first-order valence-corrected chi connectivity index (χ1v) is 7.74. The summed E-state index contributed by atoms with van der Waals surface area (Å²) in [5.74, 6) is -0.187. The Morgan fingerprint density at radius 1 is 1.28 bits per heavy atom. The van der Waals surface area contributed by atoms with Gasteiger partial charge >= 0.3 is 0 Å². The number of benzene rings is 1. The van der Waals surface area contributed by atoms with Gasteiger partial charge in [0.1, 0.15) is 0 Å². The Hall–Kier alpha value is -1.36. The van der Waals surface area contributed by atoms with Crippen molar-refractivity contribution in [1.29, 1.82) is 0 Å². The van der Waals surface area contributed by atoms with Gasteiger partial charge in [-0.2, -0.15) is 0 Å². The largest absolute Gasteiger partial charge is 0.324 e. The average molecular weight is 265 g/mol. The molecule has 1 heterocycles. The fourth-order valence-electron chi connectivity index (χ4n) is 2.79. The Labute approximate surface area is 106 Å². The summed E-state index contributed by atoms with van der Waals surface area (Å²) in [7, 11) is -3.39. The topological polar surface area (TPSA) is 63.2 Å². The van der Waals surface area contributed by atoms with E-state index in [0.717, 1.165) is 12.0 Å². The van der Waals surface area contributed by atoms with Crippen molar-refractivity contribution < 1.29 is 13.2 Å². The van der Waals surface area contributed by atoms with E-state index < -0.39 is 15.3 Å². The lowest BCUT2D eigenvalue weighted by Gasteiger charge is -2.38. The highest BCUT2D eigenvalue weighted by molar-refractivity contribution is 7.91. The number of para-hydroxylation sites is 1. The second kappa shape index (κ2) is 3.57. The smallest absolute Gasteiger partial charge is 0.231 e. The van der Waals surface area contributed by atoms with Crippen LogP contribution in [-0.4, -0.2) is 20.1 Å². The molecule has 1 aromatic carbocycles. The van der Waals surface area contributed by atoms with Gasteiger partial charge in [0.25, 0.3) is 0 Å². The zero-order chi connectivity index (χ0) is 13.0. The van der Waals surface area contributed by atoms with Gasteiger partial charge in [-0.3, -0.25) is 4.79 Å². The number of hydrogen-bond acceptors (Lipinski definition) is 3. The van der Waals surface area contributed by atoms with Crippen molar-refractivity contribution in [3.8, 4) is 0 Å². The summed E-state index contributed by atoms with van der Waals surface area (Å²) in [4.78, 5) is 12.5. The van der Waals surface area contributed by atoms with Crippen molar-refractivity contribution in [1.82, 2.24) is 0 Å². The molecular weight excluding hydrogens is 250 g/mol. The predicted octanol–water partition coefficient (Wildman–Crippen LogP) is 1.89. The molecule has 96 valence electrons. The molecule has 1 aliphatic heterocycles. The van der Waals surface area contributed by atoms with Crippen molar-refractivity contribution in [3.63, 3.8) is 0 Å². The second-order valence-electron chi connectivity index (χ2n) is 5.30. The third-order valence-electron chi connectivity index (χ3n) is 4.07. The van der Waals surface area contributed by atoms with Crippen LogP contribution in [0, 0.1) is 12.3 Å². The van der Waals surface area contributed by atoms with Crippen LogP contribution >= 0.6 is 0 Å². The first-order valence-electron chi connectivity index (χ1n) is 6.08. The Kier molecular flexibility index (Phi) is 2.32. The lowest BCUT2D eigenvalue weighted by Crippen LogP contribution is -2.45. The molecule has 3 rings (SSSR count). The summed E-state index contributed by atoms with van der Waals surface area (Å²) in [5.41, 5.74) is 0.566. The molecule has 0 bridgehead atoms. The third-order valence-corrected chi connectivity index (χ3v) is 6.01. The highest BCUT2D eigenvalue weighted by Gasteiger charge is 2.50. The summed E-state index contributed by atoms with van der Waals surface area (Å²) in [6, 6.07) is 5.11. The molecule has 5 heteroatoms. The standard InChI is InChI=1S/C13H15NO3S/c1-9-4-2-5-10-11(9)14-12(15)13(6-3-7-13)8-18(10,16)17/h2,4-5H,3,6-8H2,1H3,(H,14,15). The number of rotatable bonds is 0. The molecule has 1 aliphatic carbocycles. The minimum atomic E-state index is -3.39. The van der Waals surface area contributed by atoms with E-state index in [1.54, 1.807) is 12.1 Å². The van der Waals surface area contributed by atoms with Crippen LogP contribution in [0.15, 0.2) is 23.1 Å². The molecule has 0 saturated heterocycles. The van der Waals surface area contributed by atoms with Crippen molar-refractivity contribution in [2.45, 2.75) is 31.1 Å². The van der Waals surface area contributed by atoms with Crippen LogP contribution in [0.3, 0.4) is 0 Å². The molecule has 1 spiro atoms. The number of fused-ring (bicyclic) bond motifs is 1. The number of anilines is 1. The van der Waals surface area contributed by atoms with Crippen LogP contribution in [0.25, 0.3) is 0 Å². The summed E-state index contributed by atoms with van der Waals surface area (Å²) >= 11 is 0.